The summed E-state index contributed by atoms with van der Waals surface area (Å²) in [5.74, 6) is -0.0291. The highest BCUT2D eigenvalue weighted by atomic mass is 35.5. The number of nitrogens with zero attached hydrogens (tertiary/aromatic N) is 1. The first kappa shape index (κ1) is 21.1. The summed E-state index contributed by atoms with van der Waals surface area (Å²) >= 11 is 6.12. The van der Waals surface area contributed by atoms with E-state index in [0.29, 0.717) is 11.4 Å². The molecule has 6 nitrogen and oxygen atoms in total. The molecule has 27 heavy (non-hydrogen) atoms. The van der Waals surface area contributed by atoms with E-state index in [4.69, 9.17) is 16.3 Å². The number of rotatable bonds is 7. The lowest BCUT2D eigenvalue weighted by atomic mass is 10.1. The monoisotopic (exact) mass is 410 g/mol. The molecule has 1 N–H and O–H groups in total. The summed E-state index contributed by atoms with van der Waals surface area (Å²) in [4.78, 5) is 12.7. The maximum absolute atomic E-state index is 12.7. The molecule has 2 aromatic rings. The molecule has 0 aliphatic carbocycles. The van der Waals surface area contributed by atoms with Gasteiger partial charge in [0.2, 0.25) is 15.9 Å². The Bertz CT molecular complexity index is 914. The van der Waals surface area contributed by atoms with Gasteiger partial charge in [-0.15, -0.1) is 0 Å². The molecule has 1 atom stereocenters. The largest absolute Gasteiger partial charge is 0.495 e. The first-order chi connectivity index (χ1) is 12.7. The summed E-state index contributed by atoms with van der Waals surface area (Å²) in [7, 11) is -2.26. The predicted molar refractivity (Wildman–Crippen MR) is 109 cm³/mol. The SMILES string of the molecule is CCc1ccc(NC(=O)[C@H](C)N(c2ccc(OC)c(Cl)c2)S(C)(=O)=O)cc1. The maximum Gasteiger partial charge on any atom is 0.247 e. The normalized spacial score (nSPS) is 12.3. The van der Waals surface area contributed by atoms with Gasteiger partial charge < -0.3 is 10.1 Å². The third kappa shape index (κ3) is 5.14. The fraction of sp³-hybridized carbons (Fsp3) is 0.316. The molecule has 0 heterocycles. The van der Waals surface area contributed by atoms with Crippen molar-refractivity contribution >= 4 is 38.9 Å². The predicted octanol–water partition coefficient (Wildman–Crippen LogP) is 3.70. The van der Waals surface area contributed by atoms with Gasteiger partial charge in [0.05, 0.1) is 24.1 Å². The van der Waals surface area contributed by atoms with Gasteiger partial charge in [-0.1, -0.05) is 30.7 Å². The summed E-state index contributed by atoms with van der Waals surface area (Å²) in [5, 5.41) is 3.01. The second kappa shape index (κ2) is 8.63. The van der Waals surface area contributed by atoms with Gasteiger partial charge in [0.1, 0.15) is 11.8 Å². The van der Waals surface area contributed by atoms with Crippen LogP contribution < -0.4 is 14.4 Å². The van der Waals surface area contributed by atoms with Crippen molar-refractivity contribution in [2.24, 2.45) is 0 Å². The molecule has 0 aliphatic rings. The number of ether oxygens (including phenoxy) is 1. The van der Waals surface area contributed by atoms with Crippen LogP contribution in [0.25, 0.3) is 0 Å². The minimum atomic E-state index is -3.73. The number of hydrogen-bond acceptors (Lipinski definition) is 4. The van der Waals surface area contributed by atoms with E-state index in [0.717, 1.165) is 22.5 Å². The number of sulfonamides is 1. The lowest BCUT2D eigenvalue weighted by molar-refractivity contribution is -0.116. The van der Waals surface area contributed by atoms with Crippen molar-refractivity contribution in [3.8, 4) is 5.75 Å². The van der Waals surface area contributed by atoms with Crippen LogP contribution in [-0.4, -0.2) is 33.7 Å². The van der Waals surface area contributed by atoms with Crippen LogP contribution in [0.4, 0.5) is 11.4 Å². The zero-order chi connectivity index (χ0) is 20.2. The number of nitrogens with one attached hydrogen (secondary N) is 1. The highest BCUT2D eigenvalue weighted by molar-refractivity contribution is 7.92. The number of halogens is 1. The van der Waals surface area contributed by atoms with Crippen molar-refractivity contribution in [2.45, 2.75) is 26.3 Å². The Morgan fingerprint density at radius 1 is 1.22 bits per heavy atom. The van der Waals surface area contributed by atoms with Crippen molar-refractivity contribution < 1.29 is 17.9 Å². The van der Waals surface area contributed by atoms with E-state index in [1.54, 1.807) is 24.3 Å². The van der Waals surface area contributed by atoms with E-state index in [9.17, 15) is 13.2 Å². The molecule has 1 amide bonds. The molecule has 8 heteroatoms. The maximum atomic E-state index is 12.7. The van der Waals surface area contributed by atoms with Gasteiger partial charge in [0, 0.05) is 5.69 Å². The van der Waals surface area contributed by atoms with E-state index >= 15 is 0 Å². The molecule has 2 rings (SSSR count). The Morgan fingerprint density at radius 2 is 1.85 bits per heavy atom. The van der Waals surface area contributed by atoms with E-state index in [2.05, 4.69) is 5.32 Å². The summed E-state index contributed by atoms with van der Waals surface area (Å²) in [5.41, 5.74) is 2.03. The summed E-state index contributed by atoms with van der Waals surface area (Å²) in [6, 6.07) is 11.0. The number of carbonyl (C=O) groups is 1. The first-order valence-corrected chi connectivity index (χ1v) is 10.6. The number of carbonyl (C=O) groups excluding carboxylic acids is 1. The van der Waals surface area contributed by atoms with Gasteiger partial charge in [-0.2, -0.15) is 0 Å². The number of amides is 1. The van der Waals surface area contributed by atoms with Crippen molar-refractivity contribution in [1.82, 2.24) is 0 Å². The fourth-order valence-electron chi connectivity index (χ4n) is 2.67. The standard InChI is InChI=1S/C19H23ClN2O4S/c1-5-14-6-8-15(9-7-14)21-19(23)13(2)22(27(4,24)25)16-10-11-18(26-3)17(20)12-16/h6-13H,5H2,1-4H3,(H,21,23)/t13-/m0/s1. The molecule has 0 radical (unpaired) electrons. The molecular formula is C19H23ClN2O4S. The van der Waals surface area contributed by atoms with Gasteiger partial charge in [0.25, 0.3) is 0 Å². The van der Waals surface area contributed by atoms with Gasteiger partial charge in [0.15, 0.2) is 0 Å². The highest BCUT2D eigenvalue weighted by Crippen LogP contribution is 2.31. The zero-order valence-corrected chi connectivity index (χ0v) is 17.3. The minimum Gasteiger partial charge on any atom is -0.495 e. The molecule has 0 unspecified atom stereocenters. The van der Waals surface area contributed by atoms with Gasteiger partial charge in [-0.05, 0) is 49.2 Å². The number of benzene rings is 2. The topological polar surface area (TPSA) is 75.7 Å². The van der Waals surface area contributed by atoms with Crippen molar-refractivity contribution in [2.75, 3.05) is 23.0 Å². The fourth-order valence-corrected chi connectivity index (χ4v) is 4.09. The highest BCUT2D eigenvalue weighted by Gasteiger charge is 2.29. The van der Waals surface area contributed by atoms with Crippen molar-refractivity contribution in [3.63, 3.8) is 0 Å². The third-order valence-corrected chi connectivity index (χ3v) is 5.65. The molecule has 0 aliphatic heterocycles. The van der Waals surface area contributed by atoms with Crippen LogP contribution in [0.5, 0.6) is 5.75 Å². The molecular weight excluding hydrogens is 388 g/mol. The number of hydrogen-bond donors (Lipinski definition) is 1. The van der Waals surface area contributed by atoms with Gasteiger partial charge in [-0.25, -0.2) is 8.42 Å². The van der Waals surface area contributed by atoms with Crippen LogP contribution in [0.3, 0.4) is 0 Å². The lowest BCUT2D eigenvalue weighted by Crippen LogP contribution is -2.45. The Hall–Kier alpha value is -2.25. The molecule has 0 saturated carbocycles. The first-order valence-electron chi connectivity index (χ1n) is 8.40. The van der Waals surface area contributed by atoms with Crippen LogP contribution in [0, 0.1) is 0 Å². The molecule has 0 aromatic heterocycles. The number of methoxy groups -OCH3 is 1. The smallest absolute Gasteiger partial charge is 0.247 e. The molecule has 146 valence electrons. The van der Waals surface area contributed by atoms with Crippen LogP contribution in [0.1, 0.15) is 19.4 Å². The zero-order valence-electron chi connectivity index (χ0n) is 15.7. The van der Waals surface area contributed by atoms with Crippen LogP contribution >= 0.6 is 11.6 Å². The quantitative estimate of drug-likeness (QED) is 0.755. The van der Waals surface area contributed by atoms with Gasteiger partial charge in [-0.3, -0.25) is 9.10 Å². The Labute approximate surface area is 165 Å². The molecule has 0 bridgehead atoms. The Morgan fingerprint density at radius 3 is 2.33 bits per heavy atom. The van der Waals surface area contributed by atoms with Crippen LogP contribution in [-0.2, 0) is 21.2 Å². The van der Waals surface area contributed by atoms with Crippen molar-refractivity contribution in [3.05, 3.63) is 53.1 Å². The second-order valence-electron chi connectivity index (χ2n) is 6.09. The average Bonchev–Trinajstić information content (AvgIpc) is 2.61. The molecule has 0 fully saturated rings. The van der Waals surface area contributed by atoms with E-state index in [-0.39, 0.29) is 10.7 Å². The Kier molecular flexibility index (Phi) is 6.73. The summed E-state index contributed by atoms with van der Waals surface area (Å²) < 4.78 is 30.8. The Balaban J connectivity index is 2.30. The number of anilines is 2. The van der Waals surface area contributed by atoms with Crippen LogP contribution in [0.15, 0.2) is 42.5 Å². The minimum absolute atomic E-state index is 0.256. The van der Waals surface area contributed by atoms with E-state index in [1.165, 1.54) is 20.1 Å². The average molecular weight is 411 g/mol. The van der Waals surface area contributed by atoms with Crippen molar-refractivity contribution in [1.29, 1.82) is 0 Å². The van der Waals surface area contributed by atoms with E-state index in [1.807, 2.05) is 19.1 Å². The lowest BCUT2D eigenvalue weighted by Gasteiger charge is -2.28. The summed E-state index contributed by atoms with van der Waals surface area (Å²) in [6.07, 6.45) is 1.94. The molecule has 0 saturated heterocycles. The third-order valence-electron chi connectivity index (χ3n) is 4.11. The molecule has 0 spiro atoms. The second-order valence-corrected chi connectivity index (χ2v) is 8.36. The van der Waals surface area contributed by atoms with Crippen LogP contribution in [0.2, 0.25) is 5.02 Å². The number of aryl methyl sites for hydroxylation is 1. The summed E-state index contributed by atoms with van der Waals surface area (Å²) in [6.45, 7) is 3.56. The molecule has 2 aromatic carbocycles. The van der Waals surface area contributed by atoms with Gasteiger partial charge >= 0.3 is 0 Å². The van der Waals surface area contributed by atoms with E-state index < -0.39 is 22.0 Å².